The van der Waals surface area contributed by atoms with Gasteiger partial charge in [-0.15, -0.1) is 0 Å². The van der Waals surface area contributed by atoms with Crippen LogP contribution in [-0.2, 0) is 16.1 Å². The Labute approximate surface area is 109 Å². The molecule has 0 aliphatic heterocycles. The molecule has 19 heavy (non-hydrogen) atoms. The lowest BCUT2D eigenvalue weighted by molar-refractivity contribution is -0.121. The van der Waals surface area contributed by atoms with E-state index in [1.807, 2.05) is 0 Å². The van der Waals surface area contributed by atoms with Crippen LogP contribution in [0.3, 0.4) is 0 Å². The molecular formula is C11H15N3O5. The Bertz CT molecular complexity index is 511. The van der Waals surface area contributed by atoms with E-state index in [0.717, 1.165) is 16.8 Å². The van der Waals surface area contributed by atoms with Crippen LogP contribution in [0.15, 0.2) is 16.9 Å². The van der Waals surface area contributed by atoms with Crippen molar-refractivity contribution in [3.05, 3.63) is 28.2 Å². The van der Waals surface area contributed by atoms with Gasteiger partial charge in [-0.05, 0) is 12.5 Å². The number of aromatic nitrogens is 2. The smallest absolute Gasteiger partial charge is 0.356 e. The standard InChI is InChI=1S/C11H15N3O5/c1-19-6-2-5-12-9(15)7-14-10(16)4-3-8(13-14)11(17)18/h3-4H,2,5-7H2,1H3,(H,12,15)(H,17,18). The molecule has 1 heterocycles. The summed E-state index contributed by atoms with van der Waals surface area (Å²) in [5.41, 5.74) is -0.816. The summed E-state index contributed by atoms with van der Waals surface area (Å²) in [5.74, 6) is -1.66. The first-order chi connectivity index (χ1) is 9.04. The normalized spacial score (nSPS) is 10.2. The number of methoxy groups -OCH3 is 1. The highest BCUT2D eigenvalue weighted by Gasteiger charge is 2.09. The number of carbonyl (C=O) groups is 2. The van der Waals surface area contributed by atoms with Gasteiger partial charge in [0.05, 0.1) is 0 Å². The second-order valence-electron chi connectivity index (χ2n) is 3.72. The highest BCUT2D eigenvalue weighted by atomic mass is 16.5. The maximum absolute atomic E-state index is 11.5. The van der Waals surface area contributed by atoms with Crippen molar-refractivity contribution in [1.29, 1.82) is 0 Å². The number of amides is 1. The van der Waals surface area contributed by atoms with Crippen LogP contribution < -0.4 is 10.9 Å². The third-order valence-corrected chi connectivity index (χ3v) is 2.23. The first-order valence-electron chi connectivity index (χ1n) is 5.61. The molecule has 0 unspecified atom stereocenters. The average molecular weight is 269 g/mol. The summed E-state index contributed by atoms with van der Waals surface area (Å²) in [6, 6.07) is 2.16. The number of carboxylic acid groups (broad SMARTS) is 1. The molecule has 8 heteroatoms. The summed E-state index contributed by atoms with van der Waals surface area (Å²) in [5, 5.41) is 14.9. The second kappa shape index (κ2) is 7.27. The molecule has 0 bridgehead atoms. The first-order valence-corrected chi connectivity index (χ1v) is 5.61. The summed E-state index contributed by atoms with van der Waals surface area (Å²) in [4.78, 5) is 33.6. The van der Waals surface area contributed by atoms with Crippen molar-refractivity contribution in [2.45, 2.75) is 13.0 Å². The Hall–Kier alpha value is -2.22. The van der Waals surface area contributed by atoms with E-state index in [1.165, 1.54) is 0 Å². The molecule has 1 aromatic rings. The van der Waals surface area contributed by atoms with Crippen molar-refractivity contribution in [1.82, 2.24) is 15.1 Å². The van der Waals surface area contributed by atoms with Crippen LogP contribution in [0.5, 0.6) is 0 Å². The van der Waals surface area contributed by atoms with E-state index in [4.69, 9.17) is 9.84 Å². The van der Waals surface area contributed by atoms with Crippen LogP contribution in [0, 0.1) is 0 Å². The van der Waals surface area contributed by atoms with Gasteiger partial charge in [0.25, 0.3) is 5.56 Å². The van der Waals surface area contributed by atoms with E-state index in [1.54, 1.807) is 7.11 Å². The summed E-state index contributed by atoms with van der Waals surface area (Å²) < 4.78 is 5.63. The Morgan fingerprint density at radius 2 is 2.21 bits per heavy atom. The van der Waals surface area contributed by atoms with Gasteiger partial charge in [-0.1, -0.05) is 0 Å². The molecule has 0 atom stereocenters. The molecule has 0 saturated carbocycles. The predicted molar refractivity (Wildman–Crippen MR) is 65.0 cm³/mol. The number of nitrogens with one attached hydrogen (secondary N) is 1. The first kappa shape index (κ1) is 14.8. The zero-order valence-electron chi connectivity index (χ0n) is 10.5. The van der Waals surface area contributed by atoms with E-state index in [9.17, 15) is 14.4 Å². The summed E-state index contributed by atoms with van der Waals surface area (Å²) in [7, 11) is 1.56. The molecule has 8 nitrogen and oxygen atoms in total. The molecule has 1 aromatic heterocycles. The van der Waals surface area contributed by atoms with Gasteiger partial charge in [0.1, 0.15) is 6.54 Å². The minimum absolute atomic E-state index is 0.285. The zero-order chi connectivity index (χ0) is 14.3. The number of hydrogen-bond donors (Lipinski definition) is 2. The summed E-state index contributed by atoms with van der Waals surface area (Å²) >= 11 is 0. The maximum Gasteiger partial charge on any atom is 0.356 e. The molecule has 0 aliphatic carbocycles. The van der Waals surface area contributed by atoms with Crippen molar-refractivity contribution < 1.29 is 19.4 Å². The number of hydrogen-bond acceptors (Lipinski definition) is 5. The Morgan fingerprint density at radius 1 is 1.47 bits per heavy atom. The van der Waals surface area contributed by atoms with Crippen molar-refractivity contribution in [2.24, 2.45) is 0 Å². The van der Waals surface area contributed by atoms with Gasteiger partial charge in [-0.25, -0.2) is 9.48 Å². The minimum Gasteiger partial charge on any atom is -0.476 e. The molecule has 2 N–H and O–H groups in total. The number of nitrogens with zero attached hydrogens (tertiary/aromatic N) is 2. The van der Waals surface area contributed by atoms with E-state index < -0.39 is 17.4 Å². The number of rotatable bonds is 7. The lowest BCUT2D eigenvalue weighted by atomic mass is 10.4. The quantitative estimate of drug-likeness (QED) is 0.620. The van der Waals surface area contributed by atoms with Gasteiger partial charge in [0.2, 0.25) is 5.91 Å². The van der Waals surface area contributed by atoms with Crippen molar-refractivity contribution in [3.8, 4) is 0 Å². The summed E-state index contributed by atoms with van der Waals surface area (Å²) in [6.07, 6.45) is 0.653. The third-order valence-electron chi connectivity index (χ3n) is 2.23. The molecule has 0 aromatic carbocycles. The molecule has 0 aliphatic rings. The van der Waals surface area contributed by atoms with Crippen LogP contribution in [0.25, 0.3) is 0 Å². The molecular weight excluding hydrogens is 254 g/mol. The van der Waals surface area contributed by atoms with Crippen LogP contribution in [0.2, 0.25) is 0 Å². The van der Waals surface area contributed by atoms with Crippen LogP contribution in [-0.4, -0.2) is 47.0 Å². The number of ether oxygens (including phenoxy) is 1. The van der Waals surface area contributed by atoms with Gasteiger partial charge in [-0.3, -0.25) is 9.59 Å². The minimum atomic E-state index is -1.26. The fourth-order valence-corrected chi connectivity index (χ4v) is 1.31. The van der Waals surface area contributed by atoms with E-state index >= 15 is 0 Å². The second-order valence-corrected chi connectivity index (χ2v) is 3.72. The predicted octanol–water partition coefficient (Wildman–Crippen LogP) is -0.906. The van der Waals surface area contributed by atoms with Crippen LogP contribution in [0.1, 0.15) is 16.9 Å². The Balaban J connectivity index is 2.61. The van der Waals surface area contributed by atoms with E-state index in [2.05, 4.69) is 10.4 Å². The molecule has 1 rings (SSSR count). The van der Waals surface area contributed by atoms with Gasteiger partial charge in [0, 0.05) is 26.3 Å². The average Bonchev–Trinajstić information content (AvgIpc) is 2.37. The fraction of sp³-hybridized carbons (Fsp3) is 0.455. The lowest BCUT2D eigenvalue weighted by Gasteiger charge is -2.06. The van der Waals surface area contributed by atoms with Crippen LogP contribution in [0.4, 0.5) is 0 Å². The Kier molecular flexibility index (Phi) is 5.68. The maximum atomic E-state index is 11.5. The van der Waals surface area contributed by atoms with Gasteiger partial charge in [0.15, 0.2) is 5.69 Å². The van der Waals surface area contributed by atoms with E-state index in [0.29, 0.717) is 19.6 Å². The van der Waals surface area contributed by atoms with Crippen molar-refractivity contribution in [2.75, 3.05) is 20.3 Å². The topological polar surface area (TPSA) is 111 Å². The molecule has 0 fully saturated rings. The molecule has 104 valence electrons. The highest BCUT2D eigenvalue weighted by Crippen LogP contribution is 1.90. The third kappa shape index (κ3) is 4.88. The van der Waals surface area contributed by atoms with Crippen LogP contribution >= 0.6 is 0 Å². The van der Waals surface area contributed by atoms with Gasteiger partial charge >= 0.3 is 5.97 Å². The number of carbonyl (C=O) groups excluding carboxylic acids is 1. The van der Waals surface area contributed by atoms with Gasteiger partial charge in [-0.2, -0.15) is 5.10 Å². The lowest BCUT2D eigenvalue weighted by Crippen LogP contribution is -2.34. The molecule has 0 radical (unpaired) electrons. The monoisotopic (exact) mass is 269 g/mol. The number of carboxylic acids is 1. The zero-order valence-corrected chi connectivity index (χ0v) is 10.5. The molecule has 1 amide bonds. The SMILES string of the molecule is COCCCNC(=O)Cn1nc(C(=O)O)ccc1=O. The largest absolute Gasteiger partial charge is 0.476 e. The highest BCUT2D eigenvalue weighted by molar-refractivity contribution is 5.85. The number of aromatic carboxylic acids is 1. The Morgan fingerprint density at radius 3 is 2.84 bits per heavy atom. The fourth-order valence-electron chi connectivity index (χ4n) is 1.31. The van der Waals surface area contributed by atoms with Crippen molar-refractivity contribution >= 4 is 11.9 Å². The summed E-state index contributed by atoms with van der Waals surface area (Å²) in [6.45, 7) is 0.625. The molecule has 0 saturated heterocycles. The van der Waals surface area contributed by atoms with E-state index in [-0.39, 0.29) is 12.2 Å². The molecule has 0 spiro atoms. The van der Waals surface area contributed by atoms with Gasteiger partial charge < -0.3 is 15.2 Å². The van der Waals surface area contributed by atoms with Crippen molar-refractivity contribution in [3.63, 3.8) is 0 Å².